The Morgan fingerprint density at radius 3 is 2.42 bits per heavy atom. The van der Waals surface area contributed by atoms with Gasteiger partial charge in [-0.25, -0.2) is 0 Å². The van der Waals surface area contributed by atoms with Crippen LogP contribution in [0.25, 0.3) is 0 Å². The summed E-state index contributed by atoms with van der Waals surface area (Å²) in [4.78, 5) is 21.0. The van der Waals surface area contributed by atoms with E-state index >= 15 is 0 Å². The van der Waals surface area contributed by atoms with Crippen LogP contribution in [0, 0.1) is 6.92 Å². The highest BCUT2D eigenvalue weighted by Gasteiger charge is 2.04. The van der Waals surface area contributed by atoms with Crippen LogP contribution in [-0.4, -0.2) is 17.5 Å². The number of hydrogen-bond donors (Lipinski definition) is 0. The molecule has 3 heteroatoms. The van der Waals surface area contributed by atoms with Crippen LogP contribution in [-0.2, 0) is 4.79 Å². The minimum absolute atomic E-state index is 0. The zero-order chi connectivity index (χ0) is 8.27. The maximum Gasteiger partial charge on any atom is 0.225 e. The third-order valence-electron chi connectivity index (χ3n) is 1.52. The van der Waals surface area contributed by atoms with Crippen molar-refractivity contribution in [1.82, 2.24) is 0 Å². The molecule has 0 aliphatic rings. The largest absolute Gasteiger partial charge is 0.412 e. The normalized spacial score (nSPS) is 8.42. The van der Waals surface area contributed by atoms with Gasteiger partial charge in [-0.1, -0.05) is 24.3 Å². The molecule has 1 aromatic rings. The molecule has 0 amide bonds. The molecule has 1 aromatic carbocycles. The van der Waals surface area contributed by atoms with E-state index in [0.717, 1.165) is 5.56 Å². The minimum Gasteiger partial charge on any atom is -0.412 e. The molecule has 0 atom stereocenters. The van der Waals surface area contributed by atoms with E-state index in [-0.39, 0.29) is 5.48 Å². The minimum atomic E-state index is -0.455. The van der Waals surface area contributed by atoms with Crippen LogP contribution in [0.4, 0.5) is 0 Å². The summed E-state index contributed by atoms with van der Waals surface area (Å²) >= 11 is 0. The summed E-state index contributed by atoms with van der Waals surface area (Å²) in [6.07, 6.45) is 0.336. The zero-order valence-electron chi connectivity index (χ0n) is 6.70. The first-order chi connectivity index (χ1) is 5.25. The van der Waals surface area contributed by atoms with Crippen LogP contribution < -0.4 is 0 Å². The molecule has 0 aliphatic heterocycles. The highest BCUT2D eigenvalue weighted by molar-refractivity contribution is 6.33. The lowest BCUT2D eigenvalue weighted by atomic mass is 10.1. The van der Waals surface area contributed by atoms with E-state index in [9.17, 15) is 9.59 Å². The van der Waals surface area contributed by atoms with Crippen LogP contribution in [0.15, 0.2) is 24.3 Å². The summed E-state index contributed by atoms with van der Waals surface area (Å²) < 4.78 is 0. The fourth-order valence-electron chi connectivity index (χ4n) is 0.913. The van der Waals surface area contributed by atoms with Gasteiger partial charge in [-0.15, -0.1) is 0 Å². The molecule has 0 aliphatic carbocycles. The highest BCUT2D eigenvalue weighted by atomic mass is 16.2. The summed E-state index contributed by atoms with van der Waals surface area (Å²) in [6, 6.07) is 7.02. The number of carbonyl (C=O) groups is 2. The van der Waals surface area contributed by atoms with Crippen molar-refractivity contribution < 1.29 is 15.1 Å². The van der Waals surface area contributed by atoms with E-state index in [2.05, 4.69) is 0 Å². The quantitative estimate of drug-likeness (QED) is 0.366. The van der Waals surface area contributed by atoms with E-state index in [1.165, 1.54) is 0 Å². The Balaban J connectivity index is 0.00000121. The molecule has 0 saturated heterocycles. The average Bonchev–Trinajstić information content (AvgIpc) is 2.04. The van der Waals surface area contributed by atoms with E-state index < -0.39 is 5.78 Å². The van der Waals surface area contributed by atoms with Gasteiger partial charge in [-0.3, -0.25) is 9.59 Å². The molecule has 0 saturated carbocycles. The lowest BCUT2D eigenvalue weighted by Crippen LogP contribution is -2.01. The Hall–Kier alpha value is -1.48. The van der Waals surface area contributed by atoms with Gasteiger partial charge in [0, 0.05) is 5.56 Å². The second kappa shape index (κ2) is 4.41. The van der Waals surface area contributed by atoms with Crippen molar-refractivity contribution in [3.63, 3.8) is 0 Å². The molecule has 0 radical (unpaired) electrons. The standard InChI is InChI=1S/C9H8O2.H2O/c1-7-4-2-3-5-8(7)9(11)6-10;/h2-6H,1H3;1H2. The van der Waals surface area contributed by atoms with Crippen LogP contribution in [0.5, 0.6) is 0 Å². The molecule has 0 fully saturated rings. The molecule has 12 heavy (non-hydrogen) atoms. The number of Topliss-reactive ketones (excluding diaryl/α,β-unsaturated/α-hetero) is 1. The van der Waals surface area contributed by atoms with Crippen LogP contribution in [0.1, 0.15) is 15.9 Å². The van der Waals surface area contributed by atoms with Gasteiger partial charge in [0.15, 0.2) is 6.29 Å². The first kappa shape index (κ1) is 10.5. The first-order valence-corrected chi connectivity index (χ1v) is 3.31. The molecule has 2 N–H and O–H groups in total. The lowest BCUT2D eigenvalue weighted by Gasteiger charge is -1.97. The molecule has 0 unspecified atom stereocenters. The molecule has 0 heterocycles. The number of ketones is 1. The number of hydrogen-bond acceptors (Lipinski definition) is 2. The maximum absolute atomic E-state index is 10.9. The van der Waals surface area contributed by atoms with Gasteiger partial charge in [-0.2, -0.15) is 0 Å². The van der Waals surface area contributed by atoms with E-state index in [4.69, 9.17) is 0 Å². The van der Waals surface area contributed by atoms with Gasteiger partial charge in [-0.05, 0) is 12.5 Å². The Kier molecular flexibility index (Phi) is 3.86. The van der Waals surface area contributed by atoms with Crippen molar-refractivity contribution in [2.24, 2.45) is 0 Å². The van der Waals surface area contributed by atoms with Crippen LogP contribution in [0.2, 0.25) is 0 Å². The second-order valence-electron chi connectivity index (χ2n) is 2.30. The highest BCUT2D eigenvalue weighted by Crippen LogP contribution is 2.05. The predicted octanol–water partition coefficient (Wildman–Crippen LogP) is 0.552. The van der Waals surface area contributed by atoms with Crippen LogP contribution >= 0.6 is 0 Å². The summed E-state index contributed by atoms with van der Waals surface area (Å²) in [5, 5.41) is 0. The first-order valence-electron chi connectivity index (χ1n) is 3.31. The molecular weight excluding hydrogens is 156 g/mol. The van der Waals surface area contributed by atoms with Gasteiger partial charge in [0.2, 0.25) is 5.78 Å². The fraction of sp³-hybridized carbons (Fsp3) is 0.111. The molecule has 1 rings (SSSR count). The predicted molar refractivity (Wildman–Crippen MR) is 45.2 cm³/mol. The summed E-state index contributed by atoms with van der Waals surface area (Å²) in [5.74, 6) is -0.455. The van der Waals surface area contributed by atoms with Crippen molar-refractivity contribution in [1.29, 1.82) is 0 Å². The average molecular weight is 166 g/mol. The third kappa shape index (κ3) is 2.00. The molecule has 3 nitrogen and oxygen atoms in total. The number of carbonyl (C=O) groups excluding carboxylic acids is 2. The van der Waals surface area contributed by atoms with E-state index in [1.54, 1.807) is 25.1 Å². The van der Waals surface area contributed by atoms with Gasteiger partial charge < -0.3 is 5.48 Å². The molecule has 64 valence electrons. The van der Waals surface area contributed by atoms with Crippen molar-refractivity contribution >= 4 is 12.1 Å². The molecule has 0 spiro atoms. The number of benzene rings is 1. The SMILES string of the molecule is Cc1ccccc1C(=O)C=O.O. The molecule has 0 aromatic heterocycles. The Morgan fingerprint density at radius 2 is 1.92 bits per heavy atom. The van der Waals surface area contributed by atoms with Crippen LogP contribution in [0.3, 0.4) is 0 Å². The second-order valence-corrected chi connectivity index (χ2v) is 2.30. The number of rotatable bonds is 2. The Bertz CT molecular complexity index is 292. The zero-order valence-corrected chi connectivity index (χ0v) is 6.70. The van der Waals surface area contributed by atoms with E-state index in [0.29, 0.717) is 11.8 Å². The Morgan fingerprint density at radius 1 is 1.33 bits per heavy atom. The number of aldehydes is 1. The van der Waals surface area contributed by atoms with Crippen molar-refractivity contribution in [3.8, 4) is 0 Å². The maximum atomic E-state index is 10.9. The van der Waals surface area contributed by atoms with Gasteiger partial charge >= 0.3 is 0 Å². The molecule has 0 bridgehead atoms. The van der Waals surface area contributed by atoms with Crippen molar-refractivity contribution in [2.45, 2.75) is 6.92 Å². The van der Waals surface area contributed by atoms with Crippen molar-refractivity contribution in [3.05, 3.63) is 35.4 Å². The Labute approximate surface area is 70.3 Å². The lowest BCUT2D eigenvalue weighted by molar-refractivity contribution is -0.104. The van der Waals surface area contributed by atoms with Crippen molar-refractivity contribution in [2.75, 3.05) is 0 Å². The smallest absolute Gasteiger partial charge is 0.225 e. The fourth-order valence-corrected chi connectivity index (χ4v) is 0.913. The summed E-state index contributed by atoms with van der Waals surface area (Å²) in [7, 11) is 0. The van der Waals surface area contributed by atoms with Gasteiger partial charge in [0.05, 0.1) is 0 Å². The van der Waals surface area contributed by atoms with Gasteiger partial charge in [0.25, 0.3) is 0 Å². The van der Waals surface area contributed by atoms with E-state index in [1.807, 2.05) is 6.07 Å². The monoisotopic (exact) mass is 166 g/mol. The third-order valence-corrected chi connectivity index (χ3v) is 1.52. The number of aryl methyl sites for hydroxylation is 1. The van der Waals surface area contributed by atoms with Gasteiger partial charge in [0.1, 0.15) is 0 Å². The summed E-state index contributed by atoms with van der Waals surface area (Å²) in [5.41, 5.74) is 1.33. The summed E-state index contributed by atoms with van der Waals surface area (Å²) in [6.45, 7) is 1.80. The topological polar surface area (TPSA) is 65.6 Å². The molecular formula is C9H10O3.